The molecule has 0 aliphatic carbocycles. The molecule has 0 spiro atoms. The molecule has 2 fully saturated rings. The summed E-state index contributed by atoms with van der Waals surface area (Å²) in [7, 11) is 0. The van der Waals surface area contributed by atoms with Crippen LogP contribution in [0.3, 0.4) is 0 Å². The summed E-state index contributed by atoms with van der Waals surface area (Å²) in [4.78, 5) is 23.3. The maximum Gasteiger partial charge on any atom is 0.290 e. The molecule has 2 aliphatic rings. The van der Waals surface area contributed by atoms with Crippen molar-refractivity contribution in [1.82, 2.24) is 30.8 Å². The summed E-state index contributed by atoms with van der Waals surface area (Å²) in [5.74, 6) is 1.13. The van der Waals surface area contributed by atoms with E-state index in [1.54, 1.807) is 0 Å². The lowest BCUT2D eigenvalue weighted by Gasteiger charge is -2.43. The van der Waals surface area contributed by atoms with Crippen LogP contribution in [0.4, 0.5) is 0 Å². The highest BCUT2D eigenvalue weighted by Crippen LogP contribution is 2.30. The molecule has 24 heavy (non-hydrogen) atoms. The molecule has 0 bridgehead atoms. The van der Waals surface area contributed by atoms with E-state index in [-0.39, 0.29) is 18.3 Å². The van der Waals surface area contributed by atoms with Gasteiger partial charge in [-0.15, -0.1) is 10.2 Å². The largest absolute Gasteiger partial charge is 0.483 e. The minimum absolute atomic E-state index is 0.184. The van der Waals surface area contributed by atoms with Crippen LogP contribution in [-0.4, -0.2) is 68.7 Å². The van der Waals surface area contributed by atoms with Crippen molar-refractivity contribution in [3.8, 4) is 0 Å². The topological polar surface area (TPSA) is 124 Å². The summed E-state index contributed by atoms with van der Waals surface area (Å²) in [5, 5.41) is 23.8. The number of amides is 1. The molecule has 134 valence electrons. The van der Waals surface area contributed by atoms with E-state index in [0.29, 0.717) is 18.4 Å². The molecule has 3 heterocycles. The Balaban J connectivity index is 0.000000647. The Labute approximate surface area is 141 Å². The maximum absolute atomic E-state index is 12.4. The van der Waals surface area contributed by atoms with Gasteiger partial charge in [-0.3, -0.25) is 14.5 Å². The summed E-state index contributed by atoms with van der Waals surface area (Å²) < 4.78 is 0. The Hall–Kier alpha value is -2.03. The van der Waals surface area contributed by atoms with Gasteiger partial charge in [0.15, 0.2) is 5.82 Å². The number of nitrogens with one attached hydrogen (secondary N) is 2. The molecule has 2 saturated heterocycles. The first kappa shape index (κ1) is 18.3. The summed E-state index contributed by atoms with van der Waals surface area (Å²) in [6, 6.07) is 0.477. The lowest BCUT2D eigenvalue weighted by molar-refractivity contribution is -0.129. The van der Waals surface area contributed by atoms with E-state index in [4.69, 9.17) is 9.90 Å². The SMILES string of the molecule is O=C(NCCCc1nn[nH]n1)[C@@H]1CCCN2CCCC[C@H]12.O=CO. The first-order valence-electron chi connectivity index (χ1n) is 8.58. The quantitative estimate of drug-likeness (QED) is 0.518. The van der Waals surface area contributed by atoms with Gasteiger partial charge in [0.05, 0.1) is 5.92 Å². The molecular weight excluding hydrogens is 312 g/mol. The van der Waals surface area contributed by atoms with Gasteiger partial charge in [0.25, 0.3) is 6.47 Å². The first-order valence-corrected chi connectivity index (χ1v) is 8.58. The number of fused-ring (bicyclic) bond motifs is 1. The number of rotatable bonds is 5. The second-order valence-corrected chi connectivity index (χ2v) is 6.18. The number of carboxylic acid groups (broad SMARTS) is 1. The van der Waals surface area contributed by atoms with E-state index in [9.17, 15) is 4.79 Å². The number of aromatic amines is 1. The molecule has 2 aliphatic heterocycles. The van der Waals surface area contributed by atoms with Gasteiger partial charge in [-0.25, -0.2) is 0 Å². The molecule has 1 aromatic heterocycles. The number of H-pyrrole nitrogens is 1. The number of tetrazole rings is 1. The molecule has 3 rings (SSSR count). The highest BCUT2D eigenvalue weighted by atomic mass is 16.3. The summed E-state index contributed by atoms with van der Waals surface area (Å²) >= 11 is 0. The van der Waals surface area contributed by atoms with Crippen molar-refractivity contribution in [3.63, 3.8) is 0 Å². The number of carbonyl (C=O) groups is 2. The average molecular weight is 338 g/mol. The van der Waals surface area contributed by atoms with Crippen molar-refractivity contribution in [3.05, 3.63) is 5.82 Å². The van der Waals surface area contributed by atoms with Gasteiger partial charge in [-0.1, -0.05) is 11.6 Å². The lowest BCUT2D eigenvalue weighted by atomic mass is 9.83. The third-order valence-electron chi connectivity index (χ3n) is 4.69. The number of piperidine rings is 2. The number of nitrogens with zero attached hydrogens (tertiary/aromatic N) is 4. The zero-order valence-corrected chi connectivity index (χ0v) is 13.9. The second-order valence-electron chi connectivity index (χ2n) is 6.18. The van der Waals surface area contributed by atoms with Crippen molar-refractivity contribution in [2.24, 2.45) is 5.92 Å². The van der Waals surface area contributed by atoms with Crippen molar-refractivity contribution in [1.29, 1.82) is 0 Å². The number of aromatic nitrogens is 4. The molecule has 9 heteroatoms. The van der Waals surface area contributed by atoms with E-state index in [2.05, 4.69) is 30.8 Å². The van der Waals surface area contributed by atoms with Crippen LogP contribution in [-0.2, 0) is 16.0 Å². The predicted octanol–water partition coefficient (Wildman–Crippen LogP) is 0.214. The maximum atomic E-state index is 12.4. The fourth-order valence-corrected chi connectivity index (χ4v) is 3.64. The van der Waals surface area contributed by atoms with Crippen LogP contribution in [0, 0.1) is 5.92 Å². The number of hydrogen-bond acceptors (Lipinski definition) is 6. The molecule has 0 unspecified atom stereocenters. The smallest absolute Gasteiger partial charge is 0.290 e. The standard InChI is InChI=1S/C14H24N6O.CH2O2/c21-14(15-8-3-7-13-16-18-19-17-13)11-5-4-10-20-9-2-1-6-12(11)20;2-1-3/h11-12H,1-10H2,(H,15,21)(H,16,17,18,19);1H,(H,2,3)/t11-,12-;/m1./s1. The summed E-state index contributed by atoms with van der Waals surface area (Å²) in [6.07, 6.45) is 7.53. The van der Waals surface area contributed by atoms with E-state index >= 15 is 0 Å². The third kappa shape index (κ3) is 5.26. The molecule has 0 radical (unpaired) electrons. The number of carbonyl (C=O) groups excluding carboxylic acids is 1. The molecule has 1 amide bonds. The molecular formula is C15H26N6O3. The Morgan fingerprint density at radius 2 is 2.12 bits per heavy atom. The number of hydrogen-bond donors (Lipinski definition) is 3. The highest BCUT2D eigenvalue weighted by molar-refractivity contribution is 5.79. The summed E-state index contributed by atoms with van der Waals surface area (Å²) in [5.41, 5.74) is 0. The molecule has 1 aromatic rings. The van der Waals surface area contributed by atoms with Crippen LogP contribution in [0.15, 0.2) is 0 Å². The van der Waals surface area contributed by atoms with Gasteiger partial charge < -0.3 is 10.4 Å². The highest BCUT2D eigenvalue weighted by Gasteiger charge is 2.36. The van der Waals surface area contributed by atoms with Crippen LogP contribution >= 0.6 is 0 Å². The summed E-state index contributed by atoms with van der Waals surface area (Å²) in [6.45, 7) is 2.79. The van der Waals surface area contributed by atoms with Crippen LogP contribution in [0.1, 0.15) is 44.3 Å². The van der Waals surface area contributed by atoms with Crippen LogP contribution in [0.2, 0.25) is 0 Å². The number of aryl methyl sites for hydroxylation is 1. The van der Waals surface area contributed by atoms with Crippen molar-refractivity contribution >= 4 is 12.4 Å². The van der Waals surface area contributed by atoms with Gasteiger partial charge >= 0.3 is 0 Å². The third-order valence-corrected chi connectivity index (χ3v) is 4.69. The molecule has 0 aromatic carbocycles. The normalized spacial score (nSPS) is 23.5. The van der Waals surface area contributed by atoms with E-state index < -0.39 is 0 Å². The van der Waals surface area contributed by atoms with Crippen molar-refractivity contribution in [2.45, 2.75) is 51.0 Å². The van der Waals surface area contributed by atoms with Crippen LogP contribution in [0.5, 0.6) is 0 Å². The Morgan fingerprint density at radius 1 is 1.33 bits per heavy atom. The predicted molar refractivity (Wildman–Crippen MR) is 86.1 cm³/mol. The van der Waals surface area contributed by atoms with E-state index in [0.717, 1.165) is 25.7 Å². The van der Waals surface area contributed by atoms with Gasteiger partial charge in [0.1, 0.15) is 0 Å². The fraction of sp³-hybridized carbons (Fsp3) is 0.800. The van der Waals surface area contributed by atoms with Crippen molar-refractivity contribution in [2.75, 3.05) is 19.6 Å². The van der Waals surface area contributed by atoms with Crippen LogP contribution < -0.4 is 5.32 Å². The molecule has 0 saturated carbocycles. The van der Waals surface area contributed by atoms with Crippen molar-refractivity contribution < 1.29 is 14.7 Å². The average Bonchev–Trinajstić information content (AvgIpc) is 3.12. The molecule has 9 nitrogen and oxygen atoms in total. The Kier molecular flexibility index (Phi) is 7.60. The monoisotopic (exact) mass is 338 g/mol. The van der Waals surface area contributed by atoms with E-state index in [1.807, 2.05) is 0 Å². The Bertz CT molecular complexity index is 493. The minimum atomic E-state index is -0.250. The van der Waals surface area contributed by atoms with Gasteiger partial charge in [-0.05, 0) is 45.2 Å². The van der Waals surface area contributed by atoms with Gasteiger partial charge in [0, 0.05) is 19.0 Å². The second kappa shape index (κ2) is 9.96. The minimum Gasteiger partial charge on any atom is -0.483 e. The first-order chi connectivity index (χ1) is 11.8. The fourth-order valence-electron chi connectivity index (χ4n) is 3.64. The van der Waals surface area contributed by atoms with E-state index in [1.165, 1.54) is 32.4 Å². The van der Waals surface area contributed by atoms with Crippen LogP contribution in [0.25, 0.3) is 0 Å². The Morgan fingerprint density at radius 3 is 2.88 bits per heavy atom. The molecule has 2 atom stereocenters. The van der Waals surface area contributed by atoms with Gasteiger partial charge in [-0.2, -0.15) is 5.21 Å². The molecule has 3 N–H and O–H groups in total. The zero-order chi connectivity index (χ0) is 17.2. The lowest BCUT2D eigenvalue weighted by Crippen LogP contribution is -2.52. The zero-order valence-electron chi connectivity index (χ0n) is 13.9. The van der Waals surface area contributed by atoms with Gasteiger partial charge in [0.2, 0.25) is 5.91 Å².